The number of aliphatic hydroxyl groups excluding tert-OH is 1. The van der Waals surface area contributed by atoms with E-state index in [1.54, 1.807) is 17.2 Å². The van der Waals surface area contributed by atoms with Gasteiger partial charge in [-0.2, -0.15) is 0 Å². The SMILES string of the molecule is CC(C)n1cc(Cl)cc1C(=O)N(CCO)CC1CCCN1. The van der Waals surface area contributed by atoms with Gasteiger partial charge in [0.2, 0.25) is 0 Å². The molecule has 1 aliphatic rings. The largest absolute Gasteiger partial charge is 0.395 e. The Morgan fingerprint density at radius 1 is 1.62 bits per heavy atom. The molecule has 0 aromatic carbocycles. The molecule has 118 valence electrons. The Bertz CT molecular complexity index is 481. The van der Waals surface area contributed by atoms with Crippen LogP contribution in [0.1, 0.15) is 43.2 Å². The first-order valence-electron chi connectivity index (χ1n) is 7.53. The van der Waals surface area contributed by atoms with E-state index in [1.165, 1.54) is 0 Å². The Morgan fingerprint density at radius 3 is 2.95 bits per heavy atom. The predicted octanol–water partition coefficient (Wildman–Crippen LogP) is 1.91. The highest BCUT2D eigenvalue weighted by Gasteiger charge is 2.25. The molecule has 0 spiro atoms. The van der Waals surface area contributed by atoms with Crippen LogP contribution in [0.25, 0.3) is 0 Å². The van der Waals surface area contributed by atoms with Crippen LogP contribution in [0, 0.1) is 0 Å². The van der Waals surface area contributed by atoms with Crippen molar-refractivity contribution in [3.05, 3.63) is 23.0 Å². The topological polar surface area (TPSA) is 57.5 Å². The Labute approximate surface area is 130 Å². The molecule has 6 heteroatoms. The molecule has 1 saturated heterocycles. The second-order valence-electron chi connectivity index (χ2n) is 5.81. The van der Waals surface area contributed by atoms with Crippen LogP contribution in [-0.4, -0.2) is 52.8 Å². The highest BCUT2D eigenvalue weighted by molar-refractivity contribution is 6.31. The summed E-state index contributed by atoms with van der Waals surface area (Å²) in [5.74, 6) is -0.0710. The smallest absolute Gasteiger partial charge is 0.270 e. The van der Waals surface area contributed by atoms with Crippen LogP contribution in [-0.2, 0) is 0 Å². The summed E-state index contributed by atoms with van der Waals surface area (Å²) in [7, 11) is 0. The van der Waals surface area contributed by atoms with Gasteiger partial charge in [0.1, 0.15) is 5.69 Å². The highest BCUT2D eigenvalue weighted by atomic mass is 35.5. The number of hydrogen-bond donors (Lipinski definition) is 2. The van der Waals surface area contributed by atoms with Crippen molar-refractivity contribution in [1.82, 2.24) is 14.8 Å². The monoisotopic (exact) mass is 313 g/mol. The Morgan fingerprint density at radius 2 is 2.38 bits per heavy atom. The lowest BCUT2D eigenvalue weighted by atomic mass is 10.2. The highest BCUT2D eigenvalue weighted by Crippen LogP contribution is 2.21. The lowest BCUT2D eigenvalue weighted by Gasteiger charge is -2.26. The second kappa shape index (κ2) is 7.29. The van der Waals surface area contributed by atoms with E-state index in [0.717, 1.165) is 19.4 Å². The number of aliphatic hydroxyl groups is 1. The van der Waals surface area contributed by atoms with E-state index in [9.17, 15) is 9.90 Å². The first kappa shape index (κ1) is 16.3. The van der Waals surface area contributed by atoms with E-state index < -0.39 is 0 Å². The third kappa shape index (κ3) is 3.99. The van der Waals surface area contributed by atoms with E-state index >= 15 is 0 Å². The van der Waals surface area contributed by atoms with E-state index in [4.69, 9.17) is 11.6 Å². The minimum absolute atomic E-state index is 0.0332. The van der Waals surface area contributed by atoms with Gasteiger partial charge in [0.25, 0.3) is 5.91 Å². The molecular weight excluding hydrogens is 290 g/mol. The van der Waals surface area contributed by atoms with Gasteiger partial charge in [0.15, 0.2) is 0 Å². The molecule has 0 radical (unpaired) electrons. The maximum Gasteiger partial charge on any atom is 0.270 e. The minimum atomic E-state index is -0.0710. The standard InChI is InChI=1S/C15H24ClN3O2/c1-11(2)19-9-12(16)8-14(19)15(21)18(6-7-20)10-13-4-3-5-17-13/h8-9,11,13,17,20H,3-7,10H2,1-2H3. The number of aromatic nitrogens is 1. The van der Waals surface area contributed by atoms with Gasteiger partial charge in [-0.1, -0.05) is 11.6 Å². The summed E-state index contributed by atoms with van der Waals surface area (Å²) in [5.41, 5.74) is 0.585. The minimum Gasteiger partial charge on any atom is -0.395 e. The second-order valence-corrected chi connectivity index (χ2v) is 6.25. The fourth-order valence-electron chi connectivity index (χ4n) is 2.78. The van der Waals surface area contributed by atoms with Gasteiger partial charge in [0.05, 0.1) is 11.6 Å². The Balaban J connectivity index is 2.17. The summed E-state index contributed by atoms with van der Waals surface area (Å²) >= 11 is 6.05. The molecule has 1 aromatic heterocycles. The molecule has 1 aromatic rings. The third-order valence-electron chi connectivity index (χ3n) is 3.85. The molecule has 2 heterocycles. The fraction of sp³-hybridized carbons (Fsp3) is 0.667. The van der Waals surface area contributed by atoms with Crippen LogP contribution in [0.15, 0.2) is 12.3 Å². The summed E-state index contributed by atoms with van der Waals surface area (Å²) < 4.78 is 1.89. The Hall–Kier alpha value is -1.04. The van der Waals surface area contributed by atoms with Gasteiger partial charge in [-0.05, 0) is 39.3 Å². The van der Waals surface area contributed by atoms with E-state index in [-0.39, 0.29) is 18.6 Å². The zero-order chi connectivity index (χ0) is 15.4. The molecule has 2 rings (SSSR count). The molecule has 1 unspecified atom stereocenters. The number of hydrogen-bond acceptors (Lipinski definition) is 3. The fourth-order valence-corrected chi connectivity index (χ4v) is 2.99. The molecule has 1 aliphatic heterocycles. The van der Waals surface area contributed by atoms with Crippen LogP contribution >= 0.6 is 11.6 Å². The summed E-state index contributed by atoms with van der Waals surface area (Å²) in [6, 6.07) is 2.19. The van der Waals surface area contributed by atoms with E-state index in [1.807, 2.05) is 18.4 Å². The Kier molecular flexibility index (Phi) is 5.67. The molecule has 2 N–H and O–H groups in total. The number of amides is 1. The van der Waals surface area contributed by atoms with Gasteiger partial charge in [-0.3, -0.25) is 4.79 Å². The zero-order valence-electron chi connectivity index (χ0n) is 12.7. The van der Waals surface area contributed by atoms with Crippen LogP contribution in [0.2, 0.25) is 5.02 Å². The van der Waals surface area contributed by atoms with Crippen molar-refractivity contribution >= 4 is 17.5 Å². The number of nitrogens with one attached hydrogen (secondary N) is 1. The lowest BCUT2D eigenvalue weighted by Crippen LogP contribution is -2.43. The zero-order valence-corrected chi connectivity index (χ0v) is 13.4. The summed E-state index contributed by atoms with van der Waals surface area (Å²) in [4.78, 5) is 14.5. The van der Waals surface area contributed by atoms with Gasteiger partial charge in [0, 0.05) is 31.4 Å². The number of nitrogens with zero attached hydrogens (tertiary/aromatic N) is 2. The predicted molar refractivity (Wildman–Crippen MR) is 83.8 cm³/mol. The van der Waals surface area contributed by atoms with Gasteiger partial charge >= 0.3 is 0 Å². The van der Waals surface area contributed by atoms with Crippen LogP contribution in [0.5, 0.6) is 0 Å². The van der Waals surface area contributed by atoms with Crippen molar-refractivity contribution in [2.45, 2.75) is 38.8 Å². The normalized spacial score (nSPS) is 18.4. The van der Waals surface area contributed by atoms with E-state index in [0.29, 0.717) is 29.8 Å². The van der Waals surface area contributed by atoms with Crippen molar-refractivity contribution in [3.8, 4) is 0 Å². The van der Waals surface area contributed by atoms with Crippen molar-refractivity contribution in [3.63, 3.8) is 0 Å². The van der Waals surface area contributed by atoms with Gasteiger partial charge in [-0.25, -0.2) is 0 Å². The van der Waals surface area contributed by atoms with Crippen molar-refractivity contribution in [1.29, 1.82) is 0 Å². The summed E-state index contributed by atoms with van der Waals surface area (Å²) in [6.07, 6.45) is 3.99. The van der Waals surface area contributed by atoms with Gasteiger partial charge in [-0.15, -0.1) is 0 Å². The summed E-state index contributed by atoms with van der Waals surface area (Å²) in [5, 5.41) is 13.2. The lowest BCUT2D eigenvalue weighted by molar-refractivity contribution is 0.0694. The third-order valence-corrected chi connectivity index (χ3v) is 4.06. The molecule has 21 heavy (non-hydrogen) atoms. The molecule has 5 nitrogen and oxygen atoms in total. The summed E-state index contributed by atoms with van der Waals surface area (Å²) in [6.45, 7) is 5.97. The number of halogens is 1. The van der Waals surface area contributed by atoms with Crippen molar-refractivity contribution in [2.24, 2.45) is 0 Å². The number of carbonyl (C=O) groups is 1. The average Bonchev–Trinajstić information content (AvgIpc) is 3.06. The van der Waals surface area contributed by atoms with Crippen LogP contribution < -0.4 is 5.32 Å². The molecule has 1 fully saturated rings. The first-order valence-corrected chi connectivity index (χ1v) is 7.91. The molecule has 1 amide bonds. The molecule has 0 bridgehead atoms. The quantitative estimate of drug-likeness (QED) is 0.843. The maximum absolute atomic E-state index is 12.8. The first-order chi connectivity index (χ1) is 10.0. The van der Waals surface area contributed by atoms with Crippen molar-refractivity contribution < 1.29 is 9.90 Å². The maximum atomic E-state index is 12.8. The molecule has 0 aliphatic carbocycles. The molecular formula is C15H24ClN3O2. The molecule has 0 saturated carbocycles. The van der Waals surface area contributed by atoms with Gasteiger partial charge < -0.3 is 19.9 Å². The van der Waals surface area contributed by atoms with Crippen molar-refractivity contribution in [2.75, 3.05) is 26.2 Å². The number of carbonyl (C=O) groups excluding carboxylic acids is 1. The van der Waals surface area contributed by atoms with Crippen LogP contribution in [0.3, 0.4) is 0 Å². The van der Waals surface area contributed by atoms with Crippen LogP contribution in [0.4, 0.5) is 0 Å². The number of rotatable bonds is 6. The van der Waals surface area contributed by atoms with E-state index in [2.05, 4.69) is 5.32 Å². The molecule has 1 atom stereocenters. The average molecular weight is 314 g/mol.